The van der Waals surface area contributed by atoms with Crippen molar-refractivity contribution < 1.29 is 14.1 Å². The molecular formula is C7H7NO3S. The van der Waals surface area contributed by atoms with Gasteiger partial charge < -0.3 is 5.11 Å². The number of carbonyl (C=O) groups is 1. The fraction of sp³-hybridized carbons (Fsp3) is 0.143. The highest BCUT2D eigenvalue weighted by Gasteiger charge is 2.09. The summed E-state index contributed by atoms with van der Waals surface area (Å²) < 4.78 is 10.4. The molecule has 1 amide bonds. The molecule has 5 heteroatoms. The van der Waals surface area contributed by atoms with E-state index in [1.165, 1.54) is 0 Å². The molecule has 4 nitrogen and oxygen atoms in total. The van der Waals surface area contributed by atoms with Crippen molar-refractivity contribution in [3.05, 3.63) is 23.9 Å². The highest BCUT2D eigenvalue weighted by Crippen LogP contribution is 2.04. The van der Waals surface area contributed by atoms with Crippen molar-refractivity contribution in [2.24, 2.45) is 0 Å². The molecular weight excluding hydrogens is 178 g/mol. The second-order valence-corrected chi connectivity index (χ2v) is 2.81. The van der Waals surface area contributed by atoms with Crippen LogP contribution in [0.3, 0.4) is 0 Å². The van der Waals surface area contributed by atoms with Crippen molar-refractivity contribution in [1.82, 2.24) is 5.32 Å². The third kappa shape index (κ3) is 2.06. The van der Waals surface area contributed by atoms with Crippen LogP contribution in [0.4, 0.5) is 4.79 Å². The quantitative estimate of drug-likeness (QED) is 0.584. The summed E-state index contributed by atoms with van der Waals surface area (Å²) in [4.78, 5) is 10.7. The van der Waals surface area contributed by atoms with Crippen molar-refractivity contribution in [1.29, 1.82) is 0 Å². The Hall–Kier alpha value is -1.36. The molecule has 0 atom stereocenters. The summed E-state index contributed by atoms with van der Waals surface area (Å²) >= 11 is 0.317. The van der Waals surface area contributed by atoms with Crippen LogP contribution in [0.1, 0.15) is 6.42 Å². The van der Waals surface area contributed by atoms with E-state index in [9.17, 15) is 9.00 Å². The van der Waals surface area contributed by atoms with Crippen molar-refractivity contribution in [2.75, 3.05) is 0 Å². The Bertz CT molecular complexity index is 313. The first kappa shape index (κ1) is 8.73. The molecule has 0 aromatic heterocycles. The minimum Gasteiger partial charge on any atom is -0.465 e. The van der Waals surface area contributed by atoms with Gasteiger partial charge in [0.25, 0.3) is 0 Å². The van der Waals surface area contributed by atoms with Crippen LogP contribution >= 0.6 is 0 Å². The van der Waals surface area contributed by atoms with Crippen molar-refractivity contribution in [3.8, 4) is 0 Å². The molecule has 2 N–H and O–H groups in total. The van der Waals surface area contributed by atoms with Gasteiger partial charge in [-0.15, -0.1) is 0 Å². The zero-order valence-corrected chi connectivity index (χ0v) is 6.93. The van der Waals surface area contributed by atoms with E-state index in [1.807, 2.05) is 0 Å². The molecule has 0 saturated heterocycles. The first-order chi connectivity index (χ1) is 5.74. The van der Waals surface area contributed by atoms with E-state index < -0.39 is 6.09 Å². The second-order valence-electron chi connectivity index (χ2n) is 2.15. The van der Waals surface area contributed by atoms with Gasteiger partial charge in [-0.1, -0.05) is 12.2 Å². The first-order valence-electron chi connectivity index (χ1n) is 3.27. The van der Waals surface area contributed by atoms with Crippen LogP contribution in [0.5, 0.6) is 0 Å². The molecule has 0 spiro atoms. The summed E-state index contributed by atoms with van der Waals surface area (Å²) in [6.07, 6.45) is 4.43. The number of hydrogen-bond donors (Lipinski definition) is 2. The van der Waals surface area contributed by atoms with E-state index in [4.69, 9.17) is 5.11 Å². The van der Waals surface area contributed by atoms with Crippen LogP contribution in [-0.2, 0) is 11.3 Å². The predicted octanol–water partition coefficient (Wildman–Crippen LogP) is 0.483. The molecule has 0 aromatic rings. The van der Waals surface area contributed by atoms with Gasteiger partial charge in [0.05, 0.1) is 21.8 Å². The van der Waals surface area contributed by atoms with E-state index >= 15 is 0 Å². The molecule has 64 valence electrons. The Balaban J connectivity index is 2.84. The Morgan fingerprint density at radius 1 is 1.67 bits per heavy atom. The zero-order chi connectivity index (χ0) is 8.97. The maximum absolute atomic E-state index is 10.4. The second kappa shape index (κ2) is 3.87. The van der Waals surface area contributed by atoms with Gasteiger partial charge in [-0.05, 0) is 6.08 Å². The van der Waals surface area contributed by atoms with Gasteiger partial charge in [-0.25, -0.2) is 9.00 Å². The van der Waals surface area contributed by atoms with Gasteiger partial charge in [-0.3, -0.25) is 5.32 Å². The first-order valence-corrected chi connectivity index (χ1v) is 4.01. The maximum Gasteiger partial charge on any atom is 0.409 e. The average molecular weight is 185 g/mol. The van der Waals surface area contributed by atoms with Crippen LogP contribution in [0.15, 0.2) is 23.9 Å². The van der Waals surface area contributed by atoms with Gasteiger partial charge in [0.2, 0.25) is 0 Å². The van der Waals surface area contributed by atoms with E-state index in [2.05, 4.69) is 5.32 Å². The lowest BCUT2D eigenvalue weighted by Gasteiger charge is -2.08. The third-order valence-electron chi connectivity index (χ3n) is 1.34. The molecule has 0 unspecified atom stereocenters. The van der Waals surface area contributed by atoms with Crippen molar-refractivity contribution in [3.63, 3.8) is 0 Å². The summed E-state index contributed by atoms with van der Waals surface area (Å²) in [6.45, 7) is 0. The monoisotopic (exact) mass is 185 g/mol. The molecule has 0 radical (unpaired) electrons. The lowest BCUT2D eigenvalue weighted by Crippen LogP contribution is -2.26. The van der Waals surface area contributed by atoms with Crippen molar-refractivity contribution >= 4 is 22.2 Å². The Kier molecular flexibility index (Phi) is 2.82. The van der Waals surface area contributed by atoms with Crippen LogP contribution in [0.2, 0.25) is 0 Å². The van der Waals surface area contributed by atoms with Gasteiger partial charge >= 0.3 is 6.09 Å². The van der Waals surface area contributed by atoms with Crippen LogP contribution in [0.25, 0.3) is 0 Å². The molecule has 12 heavy (non-hydrogen) atoms. The molecule has 0 fully saturated rings. The topological polar surface area (TPSA) is 66.4 Å². The number of carboxylic acid groups (broad SMARTS) is 1. The summed E-state index contributed by atoms with van der Waals surface area (Å²) in [5, 5.41) is 10.5. The number of hydrogen-bond acceptors (Lipinski definition) is 2. The lowest BCUT2D eigenvalue weighted by atomic mass is 10.1. The van der Waals surface area contributed by atoms with E-state index in [0.29, 0.717) is 28.2 Å². The molecule has 1 aliphatic carbocycles. The van der Waals surface area contributed by atoms with E-state index in [-0.39, 0.29) is 0 Å². The minimum absolute atomic E-state index is 0.317. The molecule has 0 aliphatic heterocycles. The number of nitrogens with one attached hydrogen (secondary N) is 1. The summed E-state index contributed by atoms with van der Waals surface area (Å²) in [7, 11) is 0. The molecule has 0 aromatic carbocycles. The summed E-state index contributed by atoms with van der Waals surface area (Å²) in [5.41, 5.74) is 0.380. The summed E-state index contributed by atoms with van der Waals surface area (Å²) in [5.74, 6) is 0. The fourth-order valence-corrected chi connectivity index (χ4v) is 1.22. The Morgan fingerprint density at radius 2 is 2.42 bits per heavy atom. The number of allylic oxidation sites excluding steroid dienone is 4. The number of amides is 1. The van der Waals surface area contributed by atoms with E-state index in [1.54, 1.807) is 18.2 Å². The standard InChI is InChI=1S/C7H7NO3S/c9-7(10)8-5-3-1-2-4-6(5)12-11/h1-3,8H,4H2,(H,9,10). The zero-order valence-electron chi connectivity index (χ0n) is 6.11. The fourth-order valence-electron chi connectivity index (χ4n) is 0.848. The Morgan fingerprint density at radius 3 is 3.00 bits per heavy atom. The largest absolute Gasteiger partial charge is 0.465 e. The van der Waals surface area contributed by atoms with Gasteiger partial charge in [0.15, 0.2) is 0 Å². The van der Waals surface area contributed by atoms with Gasteiger partial charge in [0, 0.05) is 6.42 Å². The van der Waals surface area contributed by atoms with Crippen molar-refractivity contribution in [2.45, 2.75) is 6.42 Å². The van der Waals surface area contributed by atoms with Crippen LogP contribution < -0.4 is 5.32 Å². The summed E-state index contributed by atoms with van der Waals surface area (Å²) in [6, 6.07) is 0. The van der Waals surface area contributed by atoms with Gasteiger partial charge in [-0.2, -0.15) is 0 Å². The maximum atomic E-state index is 10.4. The van der Waals surface area contributed by atoms with Crippen LogP contribution in [0, 0.1) is 0 Å². The third-order valence-corrected chi connectivity index (χ3v) is 1.93. The SMILES string of the molecule is O=S=C1CC=CC=C1NC(=O)O. The average Bonchev–Trinajstić information content (AvgIpc) is 2.04. The molecule has 0 heterocycles. The predicted molar refractivity (Wildman–Crippen MR) is 46.1 cm³/mol. The molecule has 0 bridgehead atoms. The highest BCUT2D eigenvalue weighted by atomic mass is 32.1. The lowest BCUT2D eigenvalue weighted by molar-refractivity contribution is 0.198. The minimum atomic E-state index is -1.15. The Labute approximate surface area is 72.7 Å². The smallest absolute Gasteiger partial charge is 0.409 e. The molecule has 0 saturated carbocycles. The number of rotatable bonds is 1. The molecule has 1 aliphatic rings. The van der Waals surface area contributed by atoms with Crippen LogP contribution in [-0.4, -0.2) is 20.3 Å². The van der Waals surface area contributed by atoms with E-state index in [0.717, 1.165) is 0 Å². The highest BCUT2D eigenvalue weighted by molar-refractivity contribution is 7.67. The van der Waals surface area contributed by atoms with Gasteiger partial charge in [0.1, 0.15) is 0 Å². The normalized spacial score (nSPS) is 15.3. The molecule has 1 rings (SSSR count).